The lowest BCUT2D eigenvalue weighted by Gasteiger charge is -2.12. The van der Waals surface area contributed by atoms with Gasteiger partial charge in [0.15, 0.2) is 0 Å². The molecule has 110 valence electrons. The lowest BCUT2D eigenvalue weighted by Crippen LogP contribution is -2.29. The molecule has 0 amide bonds. The van der Waals surface area contributed by atoms with Gasteiger partial charge in [0.05, 0.1) is 6.26 Å². The van der Waals surface area contributed by atoms with Crippen LogP contribution in [0.5, 0.6) is 0 Å². The number of hydrogen-bond acceptors (Lipinski definition) is 3. The van der Waals surface area contributed by atoms with Gasteiger partial charge in [-0.2, -0.15) is 0 Å². The largest absolute Gasteiger partial charge is 0.469 e. The Labute approximate surface area is 121 Å². The number of hydrogen-bond donors (Lipinski definition) is 2. The van der Waals surface area contributed by atoms with Crippen LogP contribution in [0, 0.1) is 5.92 Å². The van der Waals surface area contributed by atoms with E-state index in [1.165, 1.54) is 44.2 Å². The molecule has 1 aliphatic carbocycles. The third kappa shape index (κ3) is 3.97. The fourth-order valence-corrected chi connectivity index (χ4v) is 3.39. The van der Waals surface area contributed by atoms with Crippen molar-refractivity contribution in [2.24, 2.45) is 5.92 Å². The third-order valence-corrected chi connectivity index (χ3v) is 4.55. The molecule has 0 spiro atoms. The average molecular weight is 274 g/mol. The topological polar surface area (TPSA) is 37.2 Å². The molecule has 3 rings (SSSR count). The van der Waals surface area contributed by atoms with Gasteiger partial charge >= 0.3 is 0 Å². The van der Waals surface area contributed by atoms with Crippen molar-refractivity contribution in [1.29, 1.82) is 0 Å². The lowest BCUT2D eigenvalue weighted by molar-refractivity contribution is 0.473. The van der Waals surface area contributed by atoms with Crippen LogP contribution in [0.4, 0.5) is 0 Å². The van der Waals surface area contributed by atoms with Gasteiger partial charge in [0.1, 0.15) is 5.76 Å². The fourth-order valence-electron chi connectivity index (χ4n) is 3.39. The van der Waals surface area contributed by atoms with Gasteiger partial charge in [0.2, 0.25) is 0 Å². The number of rotatable bonds is 7. The SMILES string of the molecule is C1=C(Cc2ccco2)CNC1CCNCC1CCCC1. The van der Waals surface area contributed by atoms with Crippen LogP contribution in [-0.4, -0.2) is 25.7 Å². The predicted molar refractivity (Wildman–Crippen MR) is 81.7 cm³/mol. The molecule has 3 nitrogen and oxygen atoms in total. The van der Waals surface area contributed by atoms with Crippen LogP contribution < -0.4 is 10.6 Å². The van der Waals surface area contributed by atoms with Crippen LogP contribution in [0.3, 0.4) is 0 Å². The van der Waals surface area contributed by atoms with E-state index < -0.39 is 0 Å². The van der Waals surface area contributed by atoms with E-state index in [1.807, 2.05) is 6.07 Å². The van der Waals surface area contributed by atoms with Gasteiger partial charge in [0, 0.05) is 19.0 Å². The Morgan fingerprint density at radius 1 is 1.30 bits per heavy atom. The van der Waals surface area contributed by atoms with Gasteiger partial charge in [0.25, 0.3) is 0 Å². The van der Waals surface area contributed by atoms with Gasteiger partial charge in [-0.05, 0) is 50.4 Å². The van der Waals surface area contributed by atoms with Crippen LogP contribution in [-0.2, 0) is 6.42 Å². The fraction of sp³-hybridized carbons (Fsp3) is 0.647. The first kappa shape index (κ1) is 13.9. The molecule has 0 aromatic carbocycles. The zero-order valence-corrected chi connectivity index (χ0v) is 12.2. The summed E-state index contributed by atoms with van der Waals surface area (Å²) < 4.78 is 5.41. The molecule has 1 atom stereocenters. The summed E-state index contributed by atoms with van der Waals surface area (Å²) in [6.07, 6.45) is 12.0. The Balaban J connectivity index is 1.33. The van der Waals surface area contributed by atoms with Gasteiger partial charge in [-0.1, -0.05) is 24.5 Å². The van der Waals surface area contributed by atoms with E-state index in [2.05, 4.69) is 22.8 Å². The summed E-state index contributed by atoms with van der Waals surface area (Å²) in [5.41, 5.74) is 1.46. The number of furan rings is 1. The molecule has 0 radical (unpaired) electrons. The Hall–Kier alpha value is -1.06. The molecule has 3 heteroatoms. The maximum atomic E-state index is 5.41. The van der Waals surface area contributed by atoms with Crippen molar-refractivity contribution < 1.29 is 4.42 Å². The highest BCUT2D eigenvalue weighted by atomic mass is 16.3. The molecule has 1 aromatic heterocycles. The second kappa shape index (κ2) is 7.09. The van der Waals surface area contributed by atoms with Crippen molar-refractivity contribution in [3.63, 3.8) is 0 Å². The summed E-state index contributed by atoms with van der Waals surface area (Å²) in [7, 11) is 0. The standard InChI is InChI=1S/C17H26N2O/c1-2-5-14(4-1)12-18-8-7-16-10-15(13-19-16)11-17-6-3-9-20-17/h3,6,9-10,14,16,18-19H,1-2,4-5,7-8,11-13H2. The molecule has 20 heavy (non-hydrogen) atoms. The van der Waals surface area contributed by atoms with E-state index >= 15 is 0 Å². The smallest absolute Gasteiger partial charge is 0.107 e. The van der Waals surface area contributed by atoms with Gasteiger partial charge in [-0.3, -0.25) is 0 Å². The molecule has 1 unspecified atom stereocenters. The van der Waals surface area contributed by atoms with Crippen molar-refractivity contribution in [2.75, 3.05) is 19.6 Å². The van der Waals surface area contributed by atoms with Crippen molar-refractivity contribution in [1.82, 2.24) is 10.6 Å². The Morgan fingerprint density at radius 3 is 3.00 bits per heavy atom. The second-order valence-corrected chi connectivity index (χ2v) is 6.21. The summed E-state index contributed by atoms with van der Waals surface area (Å²) in [5.74, 6) is 2.01. The highest BCUT2D eigenvalue weighted by Crippen LogP contribution is 2.23. The number of nitrogens with one attached hydrogen (secondary N) is 2. The van der Waals surface area contributed by atoms with Crippen LogP contribution >= 0.6 is 0 Å². The van der Waals surface area contributed by atoms with Crippen molar-refractivity contribution in [3.8, 4) is 0 Å². The van der Waals surface area contributed by atoms with E-state index in [1.54, 1.807) is 6.26 Å². The summed E-state index contributed by atoms with van der Waals surface area (Å²) in [6, 6.07) is 4.55. The minimum absolute atomic E-state index is 0.538. The molecule has 1 saturated carbocycles. The minimum atomic E-state index is 0.538. The molecular formula is C17H26N2O. The normalized spacial score (nSPS) is 23.4. The highest BCUT2D eigenvalue weighted by molar-refractivity contribution is 5.20. The molecule has 0 bridgehead atoms. The van der Waals surface area contributed by atoms with E-state index in [0.29, 0.717) is 6.04 Å². The maximum absolute atomic E-state index is 5.41. The Bertz CT molecular complexity index is 418. The molecular weight excluding hydrogens is 248 g/mol. The zero-order chi connectivity index (χ0) is 13.6. The summed E-state index contributed by atoms with van der Waals surface area (Å²) in [4.78, 5) is 0. The quantitative estimate of drug-likeness (QED) is 0.593. The Kier molecular flexibility index (Phi) is 4.93. The summed E-state index contributed by atoms with van der Waals surface area (Å²) in [6.45, 7) is 3.35. The van der Waals surface area contributed by atoms with E-state index in [4.69, 9.17) is 4.42 Å². The second-order valence-electron chi connectivity index (χ2n) is 6.21. The predicted octanol–water partition coefficient (Wildman–Crippen LogP) is 2.89. The van der Waals surface area contributed by atoms with Crippen molar-refractivity contribution >= 4 is 0 Å². The highest BCUT2D eigenvalue weighted by Gasteiger charge is 2.17. The Morgan fingerprint density at radius 2 is 2.20 bits per heavy atom. The zero-order valence-electron chi connectivity index (χ0n) is 12.2. The van der Waals surface area contributed by atoms with E-state index in [0.717, 1.165) is 31.2 Å². The minimum Gasteiger partial charge on any atom is -0.469 e. The molecule has 1 fully saturated rings. The molecule has 2 heterocycles. The maximum Gasteiger partial charge on any atom is 0.107 e. The first-order valence-corrected chi connectivity index (χ1v) is 8.06. The molecule has 2 aliphatic rings. The monoisotopic (exact) mass is 274 g/mol. The molecule has 1 aliphatic heterocycles. The first-order valence-electron chi connectivity index (χ1n) is 8.06. The molecule has 0 saturated heterocycles. The van der Waals surface area contributed by atoms with E-state index in [-0.39, 0.29) is 0 Å². The van der Waals surface area contributed by atoms with Crippen LogP contribution in [0.15, 0.2) is 34.5 Å². The third-order valence-electron chi connectivity index (χ3n) is 4.55. The van der Waals surface area contributed by atoms with Crippen LogP contribution in [0.25, 0.3) is 0 Å². The first-order chi connectivity index (χ1) is 9.90. The van der Waals surface area contributed by atoms with E-state index in [9.17, 15) is 0 Å². The summed E-state index contributed by atoms with van der Waals surface area (Å²) in [5, 5.41) is 7.20. The average Bonchev–Trinajstić information content (AvgIpc) is 3.18. The lowest BCUT2D eigenvalue weighted by atomic mass is 10.1. The summed E-state index contributed by atoms with van der Waals surface area (Å²) >= 11 is 0. The van der Waals surface area contributed by atoms with Crippen LogP contribution in [0.1, 0.15) is 37.9 Å². The molecule has 1 aromatic rings. The van der Waals surface area contributed by atoms with Crippen molar-refractivity contribution in [3.05, 3.63) is 35.8 Å². The van der Waals surface area contributed by atoms with Gasteiger partial charge < -0.3 is 15.1 Å². The van der Waals surface area contributed by atoms with Gasteiger partial charge in [-0.25, -0.2) is 0 Å². The van der Waals surface area contributed by atoms with Gasteiger partial charge in [-0.15, -0.1) is 0 Å². The molecule has 2 N–H and O–H groups in total. The van der Waals surface area contributed by atoms with Crippen LogP contribution in [0.2, 0.25) is 0 Å². The van der Waals surface area contributed by atoms with Crippen molar-refractivity contribution in [2.45, 2.75) is 44.6 Å².